The molecule has 5 nitrogen and oxygen atoms in total. The summed E-state index contributed by atoms with van der Waals surface area (Å²) in [6, 6.07) is 5.25. The SMILES string of the molecule is CC(C(=O)O)n1cnc(-c2ccccc2F)n1. The van der Waals surface area contributed by atoms with Gasteiger partial charge in [0.1, 0.15) is 18.2 Å². The number of aromatic nitrogens is 3. The summed E-state index contributed by atoms with van der Waals surface area (Å²) in [4.78, 5) is 14.6. The first kappa shape index (κ1) is 11.3. The van der Waals surface area contributed by atoms with Crippen LogP contribution in [0.4, 0.5) is 4.39 Å². The van der Waals surface area contributed by atoms with Crippen LogP contribution in [0.5, 0.6) is 0 Å². The number of carboxylic acids is 1. The number of hydrogen-bond acceptors (Lipinski definition) is 3. The summed E-state index contributed by atoms with van der Waals surface area (Å²) in [5, 5.41) is 12.8. The molecule has 0 bridgehead atoms. The lowest BCUT2D eigenvalue weighted by molar-refractivity contribution is -0.140. The topological polar surface area (TPSA) is 68.0 Å². The van der Waals surface area contributed by atoms with Crippen LogP contribution in [-0.2, 0) is 4.79 Å². The van der Waals surface area contributed by atoms with E-state index in [2.05, 4.69) is 10.1 Å². The molecule has 1 atom stereocenters. The molecule has 0 aliphatic carbocycles. The summed E-state index contributed by atoms with van der Waals surface area (Å²) in [5.41, 5.74) is 0.254. The molecular weight excluding hydrogens is 225 g/mol. The Morgan fingerprint density at radius 1 is 1.47 bits per heavy atom. The Morgan fingerprint density at radius 3 is 2.82 bits per heavy atom. The van der Waals surface area contributed by atoms with E-state index in [4.69, 9.17) is 5.11 Å². The molecule has 1 unspecified atom stereocenters. The van der Waals surface area contributed by atoms with Crippen LogP contribution < -0.4 is 0 Å². The van der Waals surface area contributed by atoms with Crippen molar-refractivity contribution in [2.45, 2.75) is 13.0 Å². The van der Waals surface area contributed by atoms with Crippen molar-refractivity contribution in [1.29, 1.82) is 0 Å². The third-order valence-corrected chi connectivity index (χ3v) is 2.38. The zero-order chi connectivity index (χ0) is 12.4. The van der Waals surface area contributed by atoms with Gasteiger partial charge in [-0.05, 0) is 19.1 Å². The van der Waals surface area contributed by atoms with Crippen LogP contribution in [0.2, 0.25) is 0 Å². The Hall–Kier alpha value is -2.24. The van der Waals surface area contributed by atoms with E-state index in [9.17, 15) is 9.18 Å². The highest BCUT2D eigenvalue weighted by atomic mass is 19.1. The normalized spacial score (nSPS) is 12.4. The Kier molecular flexibility index (Phi) is 2.86. The van der Waals surface area contributed by atoms with E-state index in [0.29, 0.717) is 0 Å². The summed E-state index contributed by atoms with van der Waals surface area (Å²) >= 11 is 0. The molecule has 1 heterocycles. The average molecular weight is 235 g/mol. The van der Waals surface area contributed by atoms with Crippen LogP contribution in [0.15, 0.2) is 30.6 Å². The van der Waals surface area contributed by atoms with Gasteiger partial charge >= 0.3 is 5.97 Å². The van der Waals surface area contributed by atoms with Crippen molar-refractivity contribution in [3.63, 3.8) is 0 Å². The molecule has 88 valence electrons. The van der Waals surface area contributed by atoms with Gasteiger partial charge < -0.3 is 5.11 Å². The zero-order valence-corrected chi connectivity index (χ0v) is 9.04. The minimum Gasteiger partial charge on any atom is -0.480 e. The first-order chi connectivity index (χ1) is 8.09. The van der Waals surface area contributed by atoms with Crippen LogP contribution >= 0.6 is 0 Å². The van der Waals surface area contributed by atoms with Gasteiger partial charge in [-0.2, -0.15) is 5.10 Å². The molecule has 6 heteroatoms. The minimum absolute atomic E-state index is 0.177. The number of rotatable bonds is 3. The highest BCUT2D eigenvalue weighted by molar-refractivity contribution is 5.71. The second kappa shape index (κ2) is 4.32. The maximum Gasteiger partial charge on any atom is 0.328 e. The average Bonchev–Trinajstić information content (AvgIpc) is 2.77. The molecule has 0 aliphatic heterocycles. The molecule has 1 N–H and O–H groups in total. The molecular formula is C11H10FN3O2. The van der Waals surface area contributed by atoms with Crippen molar-refractivity contribution < 1.29 is 14.3 Å². The summed E-state index contributed by atoms with van der Waals surface area (Å²) in [6.07, 6.45) is 1.28. The van der Waals surface area contributed by atoms with Gasteiger partial charge in [0.2, 0.25) is 0 Å². The van der Waals surface area contributed by atoms with Crippen molar-refractivity contribution in [3.05, 3.63) is 36.4 Å². The van der Waals surface area contributed by atoms with E-state index < -0.39 is 17.8 Å². The third kappa shape index (κ3) is 2.15. The van der Waals surface area contributed by atoms with Crippen molar-refractivity contribution >= 4 is 5.97 Å². The fourth-order valence-corrected chi connectivity index (χ4v) is 1.34. The summed E-state index contributed by atoms with van der Waals surface area (Å²) in [7, 11) is 0. The Morgan fingerprint density at radius 2 is 2.18 bits per heavy atom. The highest BCUT2D eigenvalue weighted by Gasteiger charge is 2.16. The van der Waals surface area contributed by atoms with Gasteiger partial charge in [-0.15, -0.1) is 0 Å². The molecule has 1 aromatic heterocycles. The Labute approximate surface area is 96.5 Å². The number of nitrogens with zero attached hydrogens (tertiary/aromatic N) is 3. The summed E-state index contributed by atoms with van der Waals surface area (Å²) < 4.78 is 14.6. The second-order valence-corrected chi connectivity index (χ2v) is 3.54. The second-order valence-electron chi connectivity index (χ2n) is 3.54. The van der Waals surface area contributed by atoms with Crippen molar-refractivity contribution in [2.24, 2.45) is 0 Å². The molecule has 2 rings (SSSR count). The Balaban J connectivity index is 2.37. The lowest BCUT2D eigenvalue weighted by Gasteiger charge is -2.04. The third-order valence-electron chi connectivity index (χ3n) is 2.38. The van der Waals surface area contributed by atoms with Crippen LogP contribution in [0.3, 0.4) is 0 Å². The van der Waals surface area contributed by atoms with Crippen molar-refractivity contribution in [1.82, 2.24) is 14.8 Å². The molecule has 0 saturated carbocycles. The molecule has 0 saturated heterocycles. The number of aliphatic carboxylic acids is 1. The standard InChI is InChI=1S/C11H10FN3O2/c1-7(11(16)17)15-6-13-10(14-15)8-4-2-3-5-9(8)12/h2-7H,1H3,(H,16,17). The maximum absolute atomic E-state index is 13.4. The lowest BCUT2D eigenvalue weighted by Crippen LogP contribution is -2.15. The Bertz CT molecular complexity index is 553. The molecule has 0 spiro atoms. The number of carbonyl (C=O) groups is 1. The predicted molar refractivity (Wildman–Crippen MR) is 57.8 cm³/mol. The number of halogens is 1. The fourth-order valence-electron chi connectivity index (χ4n) is 1.34. The predicted octanol–water partition coefficient (Wildman–Crippen LogP) is 1.73. The maximum atomic E-state index is 13.4. The summed E-state index contributed by atoms with van der Waals surface area (Å²) in [6.45, 7) is 1.47. The first-order valence-corrected chi connectivity index (χ1v) is 4.98. The van der Waals surface area contributed by atoms with Gasteiger partial charge in [-0.1, -0.05) is 12.1 Å². The van der Waals surface area contributed by atoms with Crippen molar-refractivity contribution in [3.8, 4) is 11.4 Å². The van der Waals surface area contributed by atoms with Gasteiger partial charge in [0, 0.05) is 0 Å². The number of benzene rings is 1. The molecule has 0 amide bonds. The number of carboxylic acid groups (broad SMARTS) is 1. The quantitative estimate of drug-likeness (QED) is 0.879. The smallest absolute Gasteiger partial charge is 0.328 e. The van der Waals surface area contributed by atoms with Gasteiger partial charge in [0.25, 0.3) is 0 Å². The molecule has 0 radical (unpaired) electrons. The fraction of sp³-hybridized carbons (Fsp3) is 0.182. The molecule has 0 aliphatic rings. The van der Waals surface area contributed by atoms with E-state index in [0.717, 1.165) is 0 Å². The van der Waals surface area contributed by atoms with Crippen LogP contribution in [-0.4, -0.2) is 25.8 Å². The van der Waals surface area contributed by atoms with Crippen LogP contribution in [0.1, 0.15) is 13.0 Å². The largest absolute Gasteiger partial charge is 0.480 e. The van der Waals surface area contributed by atoms with E-state index in [1.54, 1.807) is 18.2 Å². The molecule has 17 heavy (non-hydrogen) atoms. The monoisotopic (exact) mass is 235 g/mol. The van der Waals surface area contributed by atoms with E-state index in [1.165, 1.54) is 24.0 Å². The highest BCUT2D eigenvalue weighted by Crippen LogP contribution is 2.18. The van der Waals surface area contributed by atoms with E-state index >= 15 is 0 Å². The van der Waals surface area contributed by atoms with Gasteiger partial charge in [0.05, 0.1) is 5.56 Å². The summed E-state index contributed by atoms with van der Waals surface area (Å²) in [5.74, 6) is -1.28. The molecule has 0 fully saturated rings. The first-order valence-electron chi connectivity index (χ1n) is 4.98. The van der Waals surface area contributed by atoms with Gasteiger partial charge in [-0.25, -0.2) is 18.9 Å². The lowest BCUT2D eigenvalue weighted by atomic mass is 10.2. The van der Waals surface area contributed by atoms with Gasteiger partial charge in [0.15, 0.2) is 5.82 Å². The molecule has 1 aromatic carbocycles. The van der Waals surface area contributed by atoms with Crippen molar-refractivity contribution in [2.75, 3.05) is 0 Å². The zero-order valence-electron chi connectivity index (χ0n) is 9.04. The minimum atomic E-state index is -1.02. The van der Waals surface area contributed by atoms with E-state index in [-0.39, 0.29) is 11.4 Å². The van der Waals surface area contributed by atoms with Gasteiger partial charge in [-0.3, -0.25) is 0 Å². The van der Waals surface area contributed by atoms with Crippen LogP contribution in [0, 0.1) is 5.82 Å². The number of hydrogen-bond donors (Lipinski definition) is 1. The van der Waals surface area contributed by atoms with Crippen LogP contribution in [0.25, 0.3) is 11.4 Å². The molecule has 2 aromatic rings. The van der Waals surface area contributed by atoms with E-state index in [1.807, 2.05) is 0 Å².